The monoisotopic (exact) mass is 262 g/mol. The van der Waals surface area contributed by atoms with E-state index in [1.807, 2.05) is 12.3 Å². The van der Waals surface area contributed by atoms with Crippen LogP contribution in [0.2, 0.25) is 0 Å². The normalized spacial score (nSPS) is 11.6. The number of fused-ring (bicyclic) bond motifs is 1. The Hall–Kier alpha value is -2.35. The van der Waals surface area contributed by atoms with Crippen LogP contribution in [0, 0.1) is 20.8 Å². The second-order valence-electron chi connectivity index (χ2n) is 5.24. The Bertz CT molecular complexity index is 794. The molecule has 1 aromatic heterocycles. The predicted molar refractivity (Wildman–Crippen MR) is 86.2 cm³/mol. The van der Waals surface area contributed by atoms with Gasteiger partial charge in [0.05, 0.1) is 5.69 Å². The second kappa shape index (κ2) is 4.97. The predicted octanol–water partition coefficient (Wildman–Crippen LogP) is 4.84. The number of nitrogens with one attached hydrogen (secondary N) is 1. The van der Waals surface area contributed by atoms with Crippen molar-refractivity contribution in [2.45, 2.75) is 20.8 Å². The zero-order chi connectivity index (χ0) is 14.1. The molecule has 0 aliphatic rings. The molecular weight excluding hydrogens is 244 g/mol. The summed E-state index contributed by atoms with van der Waals surface area (Å²) in [6, 6.07) is 14.6. The van der Waals surface area contributed by atoms with Crippen LogP contribution < -0.4 is 0 Å². The maximum Gasteiger partial charge on any atom is 0.0632 e. The quantitative estimate of drug-likeness (QED) is 0.640. The molecule has 1 heterocycles. The Morgan fingerprint density at radius 1 is 0.950 bits per heavy atom. The van der Waals surface area contributed by atoms with Crippen LogP contribution in [0.5, 0.6) is 0 Å². The SMILES string of the molecule is Cc1ccc(N=Cc2c(C)[nH]c3ccccc23)cc1C. The summed E-state index contributed by atoms with van der Waals surface area (Å²) in [5.74, 6) is 0. The van der Waals surface area contributed by atoms with Crippen LogP contribution in [0.1, 0.15) is 22.4 Å². The van der Waals surface area contributed by atoms with Crippen molar-refractivity contribution in [3.05, 3.63) is 64.8 Å². The molecule has 3 aromatic rings. The van der Waals surface area contributed by atoms with E-state index in [0.717, 1.165) is 16.9 Å². The number of rotatable bonds is 2. The first-order valence-electron chi connectivity index (χ1n) is 6.84. The van der Waals surface area contributed by atoms with Crippen molar-refractivity contribution in [3.8, 4) is 0 Å². The van der Waals surface area contributed by atoms with Crippen molar-refractivity contribution in [1.29, 1.82) is 0 Å². The number of aromatic nitrogens is 1. The standard InChI is InChI=1S/C18H18N2/c1-12-8-9-15(10-13(12)2)19-11-17-14(3)20-18-7-5-4-6-16(17)18/h4-11,20H,1-3H3. The van der Waals surface area contributed by atoms with Gasteiger partial charge in [0, 0.05) is 28.4 Å². The van der Waals surface area contributed by atoms with E-state index in [1.54, 1.807) is 0 Å². The number of H-pyrrole nitrogens is 1. The van der Waals surface area contributed by atoms with Crippen molar-refractivity contribution >= 4 is 22.8 Å². The number of aromatic amines is 1. The highest BCUT2D eigenvalue weighted by Crippen LogP contribution is 2.22. The number of nitrogens with zero attached hydrogens (tertiary/aromatic N) is 1. The molecule has 0 unspecified atom stereocenters. The Kier molecular flexibility index (Phi) is 3.15. The van der Waals surface area contributed by atoms with Gasteiger partial charge in [-0.15, -0.1) is 0 Å². The number of aliphatic imine (C=N–C) groups is 1. The molecule has 20 heavy (non-hydrogen) atoms. The highest BCUT2D eigenvalue weighted by molar-refractivity contribution is 6.01. The Morgan fingerprint density at radius 3 is 2.55 bits per heavy atom. The molecule has 2 aromatic carbocycles. The number of benzene rings is 2. The Morgan fingerprint density at radius 2 is 1.75 bits per heavy atom. The third kappa shape index (κ3) is 2.25. The van der Waals surface area contributed by atoms with Gasteiger partial charge < -0.3 is 4.98 Å². The summed E-state index contributed by atoms with van der Waals surface area (Å²) >= 11 is 0. The molecule has 0 spiro atoms. The highest BCUT2D eigenvalue weighted by atomic mass is 14.7. The average Bonchev–Trinajstić information content (AvgIpc) is 2.76. The molecule has 0 bridgehead atoms. The van der Waals surface area contributed by atoms with Crippen molar-refractivity contribution in [2.75, 3.05) is 0 Å². The topological polar surface area (TPSA) is 28.1 Å². The van der Waals surface area contributed by atoms with Gasteiger partial charge in [-0.2, -0.15) is 0 Å². The van der Waals surface area contributed by atoms with Gasteiger partial charge in [-0.05, 0) is 50.1 Å². The van der Waals surface area contributed by atoms with E-state index in [4.69, 9.17) is 0 Å². The van der Waals surface area contributed by atoms with Gasteiger partial charge in [-0.3, -0.25) is 4.99 Å². The van der Waals surface area contributed by atoms with Gasteiger partial charge in [0.1, 0.15) is 0 Å². The van der Waals surface area contributed by atoms with E-state index in [0.29, 0.717) is 0 Å². The molecular formula is C18H18N2. The van der Waals surface area contributed by atoms with E-state index in [2.05, 4.69) is 67.1 Å². The zero-order valence-corrected chi connectivity index (χ0v) is 12.1. The van der Waals surface area contributed by atoms with Crippen molar-refractivity contribution in [3.63, 3.8) is 0 Å². The molecule has 0 saturated heterocycles. The second-order valence-corrected chi connectivity index (χ2v) is 5.24. The van der Waals surface area contributed by atoms with Gasteiger partial charge in [0.2, 0.25) is 0 Å². The molecule has 1 N–H and O–H groups in total. The molecule has 0 saturated carbocycles. The van der Waals surface area contributed by atoms with Gasteiger partial charge in [0.25, 0.3) is 0 Å². The summed E-state index contributed by atoms with van der Waals surface area (Å²) in [4.78, 5) is 8.01. The van der Waals surface area contributed by atoms with Crippen molar-refractivity contribution in [2.24, 2.45) is 4.99 Å². The summed E-state index contributed by atoms with van der Waals surface area (Å²) in [5.41, 5.74) is 7.05. The Balaban J connectivity index is 2.02. The lowest BCUT2D eigenvalue weighted by atomic mass is 10.1. The van der Waals surface area contributed by atoms with Crippen LogP contribution >= 0.6 is 0 Å². The molecule has 0 fully saturated rings. The van der Waals surface area contributed by atoms with Gasteiger partial charge >= 0.3 is 0 Å². The molecule has 2 heteroatoms. The minimum absolute atomic E-state index is 0.998. The first kappa shape index (κ1) is 12.7. The highest BCUT2D eigenvalue weighted by Gasteiger charge is 2.05. The molecule has 0 amide bonds. The van der Waals surface area contributed by atoms with Crippen LogP contribution in [0.4, 0.5) is 5.69 Å². The van der Waals surface area contributed by atoms with Crippen LogP contribution in [0.25, 0.3) is 10.9 Å². The smallest absolute Gasteiger partial charge is 0.0632 e. The third-order valence-electron chi connectivity index (χ3n) is 3.78. The first-order chi connectivity index (χ1) is 9.65. The molecule has 100 valence electrons. The number of aryl methyl sites for hydroxylation is 3. The van der Waals surface area contributed by atoms with E-state index in [-0.39, 0.29) is 0 Å². The Labute approximate surface area is 119 Å². The number of para-hydroxylation sites is 1. The molecule has 0 atom stereocenters. The van der Waals surface area contributed by atoms with Gasteiger partial charge in [-0.1, -0.05) is 24.3 Å². The van der Waals surface area contributed by atoms with Crippen molar-refractivity contribution in [1.82, 2.24) is 4.98 Å². The molecule has 3 rings (SSSR count). The maximum absolute atomic E-state index is 4.62. The number of hydrogen-bond acceptors (Lipinski definition) is 1. The largest absolute Gasteiger partial charge is 0.358 e. The summed E-state index contributed by atoms with van der Waals surface area (Å²) in [7, 11) is 0. The van der Waals surface area contributed by atoms with Gasteiger partial charge in [-0.25, -0.2) is 0 Å². The molecule has 0 radical (unpaired) electrons. The minimum Gasteiger partial charge on any atom is -0.358 e. The molecule has 2 nitrogen and oxygen atoms in total. The molecule has 0 aliphatic heterocycles. The fraction of sp³-hybridized carbons (Fsp3) is 0.167. The number of hydrogen-bond donors (Lipinski definition) is 1. The fourth-order valence-corrected chi connectivity index (χ4v) is 2.41. The van der Waals surface area contributed by atoms with Crippen LogP contribution in [-0.2, 0) is 0 Å². The van der Waals surface area contributed by atoms with E-state index >= 15 is 0 Å². The van der Waals surface area contributed by atoms with Crippen molar-refractivity contribution < 1.29 is 0 Å². The lowest BCUT2D eigenvalue weighted by Crippen LogP contribution is -1.83. The van der Waals surface area contributed by atoms with Crippen LogP contribution in [0.3, 0.4) is 0 Å². The molecule has 0 aliphatic carbocycles. The minimum atomic E-state index is 0.998. The average molecular weight is 262 g/mol. The van der Waals surface area contributed by atoms with Crippen LogP contribution in [0.15, 0.2) is 47.5 Å². The van der Waals surface area contributed by atoms with E-state index < -0.39 is 0 Å². The summed E-state index contributed by atoms with van der Waals surface area (Å²) in [5, 5.41) is 1.22. The van der Waals surface area contributed by atoms with E-state index in [9.17, 15) is 0 Å². The van der Waals surface area contributed by atoms with E-state index in [1.165, 1.54) is 22.1 Å². The van der Waals surface area contributed by atoms with Crippen LogP contribution in [-0.4, -0.2) is 11.2 Å². The first-order valence-corrected chi connectivity index (χ1v) is 6.84. The lowest BCUT2D eigenvalue weighted by Gasteiger charge is -2.00. The summed E-state index contributed by atoms with van der Waals surface area (Å²) in [6.07, 6.45) is 1.96. The van der Waals surface area contributed by atoms with Gasteiger partial charge in [0.15, 0.2) is 0 Å². The zero-order valence-electron chi connectivity index (χ0n) is 12.1. The fourth-order valence-electron chi connectivity index (χ4n) is 2.41. The lowest BCUT2D eigenvalue weighted by molar-refractivity contribution is 1.29. The summed E-state index contributed by atoms with van der Waals surface area (Å²) < 4.78 is 0. The maximum atomic E-state index is 4.62. The summed E-state index contributed by atoms with van der Waals surface area (Å²) in [6.45, 7) is 6.32. The third-order valence-corrected chi connectivity index (χ3v) is 3.78.